The van der Waals surface area contributed by atoms with E-state index < -0.39 is 18.5 Å². The summed E-state index contributed by atoms with van der Waals surface area (Å²) in [5.74, 6) is 0.951. The number of benzene rings is 5. The van der Waals surface area contributed by atoms with Crippen LogP contribution in [-0.2, 0) is 44.1 Å². The fraction of sp³-hybridized carbons (Fsp3) is 0.469. The summed E-state index contributed by atoms with van der Waals surface area (Å²) in [5.41, 5.74) is 16.0. The largest absolute Gasteiger partial charge is 0.472 e. The average Bonchev–Trinajstić information content (AvgIpc) is 3.71. The molecular formula is C64H74BF3N2O. The Balaban J connectivity index is 1.35. The molecule has 370 valence electrons. The fourth-order valence-electron chi connectivity index (χ4n) is 13.5. The van der Waals surface area contributed by atoms with E-state index in [9.17, 15) is 0 Å². The third-order valence-electron chi connectivity index (χ3n) is 18.4. The molecule has 0 N–H and O–H groups in total. The van der Waals surface area contributed by atoms with E-state index in [1.54, 1.807) is 0 Å². The van der Waals surface area contributed by atoms with Gasteiger partial charge in [0.15, 0.2) is 0 Å². The van der Waals surface area contributed by atoms with Gasteiger partial charge < -0.3 is 14.2 Å². The molecule has 0 saturated heterocycles. The highest BCUT2D eigenvalue weighted by molar-refractivity contribution is 6.99. The minimum Gasteiger partial charge on any atom is -0.472 e. The van der Waals surface area contributed by atoms with E-state index in [1.165, 1.54) is 39.9 Å². The van der Waals surface area contributed by atoms with Gasteiger partial charge in [-0.1, -0.05) is 152 Å². The first kappa shape index (κ1) is 48.1. The Kier molecular flexibility index (Phi) is 10.1. The summed E-state index contributed by atoms with van der Waals surface area (Å²) >= 11 is 0. The highest BCUT2D eigenvalue weighted by Gasteiger charge is 2.54. The van der Waals surface area contributed by atoms with Crippen molar-refractivity contribution in [1.82, 2.24) is 0 Å². The number of fused-ring (bicyclic) bond motifs is 8. The van der Waals surface area contributed by atoms with Gasteiger partial charge in [0.2, 0.25) is 0 Å². The number of alkyl halides is 3. The average molecular weight is 955 g/mol. The quantitative estimate of drug-likeness (QED) is 0.165. The topological polar surface area (TPSA) is 19.6 Å². The molecule has 0 radical (unpaired) electrons. The van der Waals surface area contributed by atoms with Crippen LogP contribution in [0.25, 0.3) is 11.1 Å². The summed E-state index contributed by atoms with van der Waals surface area (Å²) in [6, 6.07) is 29.7. The van der Waals surface area contributed by atoms with Crippen molar-refractivity contribution in [2.45, 2.75) is 193 Å². The molecule has 0 atom stereocenters. The number of rotatable bonds is 3. The number of nitrogens with zero attached hydrogens (tertiary/aromatic N) is 2. The molecule has 2 aliphatic heterocycles. The zero-order valence-corrected chi connectivity index (χ0v) is 45.3. The zero-order valence-electron chi connectivity index (χ0n) is 45.3. The lowest BCUT2D eigenvalue weighted by atomic mass is 9.35. The minimum atomic E-state index is -4.65. The Hall–Kier alpha value is -5.17. The van der Waals surface area contributed by atoms with E-state index in [-0.39, 0.29) is 37.9 Å². The third-order valence-corrected chi connectivity index (χ3v) is 18.4. The summed E-state index contributed by atoms with van der Waals surface area (Å²) < 4.78 is 56.4. The van der Waals surface area contributed by atoms with Crippen LogP contribution in [0.2, 0.25) is 0 Å². The molecule has 7 heteroatoms. The van der Waals surface area contributed by atoms with Crippen LogP contribution in [0.3, 0.4) is 0 Å². The van der Waals surface area contributed by atoms with Crippen LogP contribution in [0.4, 0.5) is 47.3 Å². The van der Waals surface area contributed by atoms with Crippen molar-refractivity contribution in [3.05, 3.63) is 135 Å². The molecule has 0 saturated carbocycles. The second-order valence-corrected chi connectivity index (χ2v) is 27.3. The molecule has 6 aromatic rings. The van der Waals surface area contributed by atoms with Crippen molar-refractivity contribution < 1.29 is 17.6 Å². The molecular weight excluding hydrogens is 881 g/mol. The summed E-state index contributed by atoms with van der Waals surface area (Å²) in [7, 11) is 0. The second-order valence-electron chi connectivity index (χ2n) is 27.3. The Morgan fingerprint density at radius 2 is 1.01 bits per heavy atom. The maximum Gasteiger partial charge on any atom is 0.416 e. The first-order valence-electron chi connectivity index (χ1n) is 26.4. The van der Waals surface area contributed by atoms with Crippen molar-refractivity contribution in [3.8, 4) is 11.1 Å². The number of aryl methyl sites for hydroxylation is 1. The number of anilines is 6. The Labute approximate surface area is 422 Å². The van der Waals surface area contributed by atoms with Crippen LogP contribution in [0, 0.1) is 6.92 Å². The molecule has 5 aromatic carbocycles. The van der Waals surface area contributed by atoms with Crippen molar-refractivity contribution in [2.24, 2.45) is 0 Å². The molecule has 11 rings (SSSR count). The molecule has 0 fully saturated rings. The number of furan rings is 1. The van der Waals surface area contributed by atoms with E-state index in [0.717, 1.165) is 106 Å². The van der Waals surface area contributed by atoms with Gasteiger partial charge in [-0.2, -0.15) is 13.2 Å². The Bertz CT molecular complexity index is 3210. The Morgan fingerprint density at radius 1 is 0.507 bits per heavy atom. The first-order chi connectivity index (χ1) is 32.8. The zero-order chi connectivity index (χ0) is 51.1. The summed E-state index contributed by atoms with van der Waals surface area (Å²) in [4.78, 5) is 4.48. The monoisotopic (exact) mass is 955 g/mol. The lowest BCUT2D eigenvalue weighted by molar-refractivity contribution is -0.137. The van der Waals surface area contributed by atoms with Gasteiger partial charge >= 0.3 is 6.18 Å². The maximum atomic E-state index is 16.3. The van der Waals surface area contributed by atoms with Gasteiger partial charge in [0, 0.05) is 39.3 Å². The molecule has 3 aliphatic carbocycles. The standard InChI is InChI=1S/C64H74BF3N2O/c1-37-30-39(57(2,3)4)22-23-47(37)70-51-32-40(64(66,67)68)31-50-53(51)65(56-54(70)52-55(71-56)63(15,16)29-28-62(52,13)14)46-34-43-45(61(11,12)27-25-59(43,7)8)36-49(46)69(50)48-35-44-42(58(5,6)24-26-60(44,9)10)33-41(48)38-20-18-17-19-21-38/h17-23,30-36H,24-29H2,1-16H3. The van der Waals surface area contributed by atoms with Gasteiger partial charge in [-0.05, 0) is 164 Å². The maximum absolute atomic E-state index is 16.3. The molecule has 3 heterocycles. The van der Waals surface area contributed by atoms with Crippen molar-refractivity contribution in [1.29, 1.82) is 0 Å². The summed E-state index contributed by atoms with van der Waals surface area (Å²) in [6.07, 6.45) is 1.31. The second kappa shape index (κ2) is 15.0. The van der Waals surface area contributed by atoms with Crippen molar-refractivity contribution >= 4 is 57.4 Å². The molecule has 0 spiro atoms. The summed E-state index contributed by atoms with van der Waals surface area (Å²) in [5, 5.41) is 0. The van der Waals surface area contributed by atoms with Gasteiger partial charge in [-0.3, -0.25) is 0 Å². The van der Waals surface area contributed by atoms with Crippen LogP contribution in [-0.4, -0.2) is 6.71 Å². The number of halogens is 3. The van der Waals surface area contributed by atoms with Crippen molar-refractivity contribution in [3.63, 3.8) is 0 Å². The van der Waals surface area contributed by atoms with Crippen molar-refractivity contribution in [2.75, 3.05) is 9.80 Å². The van der Waals surface area contributed by atoms with Gasteiger partial charge in [0.05, 0.1) is 22.6 Å². The van der Waals surface area contributed by atoms with Crippen LogP contribution in [0.15, 0.2) is 89.3 Å². The van der Waals surface area contributed by atoms with Crippen LogP contribution in [0.5, 0.6) is 0 Å². The highest BCUT2D eigenvalue weighted by atomic mass is 19.4. The van der Waals surface area contributed by atoms with Crippen LogP contribution >= 0.6 is 0 Å². The molecule has 0 bridgehead atoms. The summed E-state index contributed by atoms with van der Waals surface area (Å²) in [6.45, 7) is 36.3. The smallest absolute Gasteiger partial charge is 0.416 e. The van der Waals surface area contributed by atoms with E-state index in [4.69, 9.17) is 4.42 Å². The molecule has 0 unspecified atom stereocenters. The van der Waals surface area contributed by atoms with Gasteiger partial charge in [-0.15, -0.1) is 0 Å². The molecule has 5 aliphatic rings. The van der Waals surface area contributed by atoms with Crippen LogP contribution < -0.4 is 26.4 Å². The van der Waals surface area contributed by atoms with E-state index in [1.807, 2.05) is 6.07 Å². The highest BCUT2D eigenvalue weighted by Crippen LogP contribution is 2.58. The molecule has 0 amide bonds. The number of hydrogen-bond acceptors (Lipinski definition) is 3. The van der Waals surface area contributed by atoms with E-state index in [2.05, 4.69) is 187 Å². The van der Waals surface area contributed by atoms with Gasteiger partial charge in [-0.25, -0.2) is 0 Å². The lowest BCUT2D eigenvalue weighted by Gasteiger charge is -2.48. The number of hydrogen-bond donors (Lipinski definition) is 0. The van der Waals surface area contributed by atoms with Gasteiger partial charge in [0.1, 0.15) is 5.76 Å². The molecule has 3 nitrogen and oxygen atoms in total. The fourth-order valence-corrected chi connectivity index (χ4v) is 13.5. The Morgan fingerprint density at radius 3 is 1.56 bits per heavy atom. The molecule has 71 heavy (non-hydrogen) atoms. The predicted molar refractivity (Wildman–Crippen MR) is 292 cm³/mol. The first-order valence-corrected chi connectivity index (χ1v) is 26.4. The SMILES string of the molecule is Cc1cc(C(C)(C)C)ccc1N1c2cc(C(F)(F)F)cc3c2B(c2cc4c(cc2N3c2cc3c(cc2-c2ccccc2)C(C)(C)CCC3(C)C)C(C)(C)CCC4(C)C)c2oc3c(c21)C(C)(C)CCC3(C)C. The van der Waals surface area contributed by atoms with E-state index in [0.29, 0.717) is 11.4 Å². The van der Waals surface area contributed by atoms with E-state index >= 15 is 13.2 Å². The van der Waals surface area contributed by atoms with Gasteiger partial charge in [0.25, 0.3) is 6.71 Å². The third kappa shape index (κ3) is 7.18. The van der Waals surface area contributed by atoms with Crippen LogP contribution in [0.1, 0.15) is 193 Å². The minimum absolute atomic E-state index is 0.0981. The lowest BCUT2D eigenvalue weighted by Crippen LogP contribution is -2.61. The normalized spacial score (nSPS) is 20.6. The predicted octanol–water partition coefficient (Wildman–Crippen LogP) is 16.7. The molecule has 1 aromatic heterocycles.